The van der Waals surface area contributed by atoms with E-state index in [0.29, 0.717) is 55.3 Å². The molecule has 13 heteroatoms. The Labute approximate surface area is 259 Å². The minimum atomic E-state index is -1.03. The van der Waals surface area contributed by atoms with Crippen LogP contribution in [0.4, 0.5) is 9.18 Å². The molecule has 2 N–H and O–H groups in total. The van der Waals surface area contributed by atoms with Crippen LogP contribution in [0.1, 0.15) is 51.5 Å². The van der Waals surface area contributed by atoms with Gasteiger partial charge in [-0.1, -0.05) is 12.2 Å². The molecule has 1 aliphatic carbocycles. The van der Waals surface area contributed by atoms with Crippen molar-refractivity contribution in [3.63, 3.8) is 0 Å². The first kappa shape index (κ1) is 31.2. The highest BCUT2D eigenvalue weighted by atomic mass is 35.5. The van der Waals surface area contributed by atoms with E-state index in [1.54, 1.807) is 35.1 Å². The van der Waals surface area contributed by atoms with E-state index in [2.05, 4.69) is 10.3 Å². The molecule has 4 aliphatic rings. The molecule has 0 aromatic carbocycles. The number of hydrogen-bond acceptors (Lipinski definition) is 8. The predicted molar refractivity (Wildman–Crippen MR) is 162 cm³/mol. The van der Waals surface area contributed by atoms with E-state index in [-0.39, 0.29) is 36.2 Å². The summed E-state index contributed by atoms with van der Waals surface area (Å²) < 4.78 is 20.2. The molecule has 1 aromatic rings. The molecule has 10 nitrogen and oxygen atoms in total. The van der Waals surface area contributed by atoms with Crippen LogP contribution in [-0.4, -0.2) is 86.9 Å². The Morgan fingerprint density at radius 2 is 2.09 bits per heavy atom. The largest absolute Gasteiger partial charge is 0.481 e. The minimum absolute atomic E-state index is 0.0329. The molecule has 0 bridgehead atoms. The maximum absolute atomic E-state index is 14.7. The number of carbonyl (C=O) groups excluding carboxylic acids is 2. The molecule has 2 fully saturated rings. The molecule has 2 amide bonds. The van der Waals surface area contributed by atoms with E-state index in [9.17, 15) is 23.9 Å². The monoisotopic (exact) mass is 633 g/mol. The summed E-state index contributed by atoms with van der Waals surface area (Å²) in [5, 5.41) is 14.9. The normalized spacial score (nSPS) is 29.5. The maximum atomic E-state index is 14.7. The first-order valence-corrected chi connectivity index (χ1v) is 16.0. The number of amides is 2. The van der Waals surface area contributed by atoms with Gasteiger partial charge in [0.25, 0.3) is 0 Å². The lowest BCUT2D eigenvalue weighted by atomic mass is 9.81. The number of allylic oxidation sites excluding steroid dienone is 4. The summed E-state index contributed by atoms with van der Waals surface area (Å²) in [4.78, 5) is 51.9. The Balaban J connectivity index is 1.50. The third-order valence-corrected chi connectivity index (χ3v) is 9.96. The van der Waals surface area contributed by atoms with Crippen LogP contribution in [0, 0.1) is 17.8 Å². The Hall–Kier alpha value is -3.25. The third kappa shape index (κ3) is 6.35. The number of amidine groups is 1. The molecule has 0 saturated carbocycles. The number of thiazole rings is 1. The van der Waals surface area contributed by atoms with Gasteiger partial charge in [0, 0.05) is 42.3 Å². The van der Waals surface area contributed by atoms with E-state index < -0.39 is 41.0 Å². The van der Waals surface area contributed by atoms with Crippen molar-refractivity contribution in [2.45, 2.75) is 70.0 Å². The molecule has 3 aliphatic heterocycles. The standard InChI is InChI=1S/C30H37ClFN5O5S/c1-4-42-29(40)23-21(34-26(27-33-11-13-43-27)35-25(23)19-6-5-7-20(32)24(19)31)14-17-8-9-18(28(38)39)22-15-37(16(2)3)30(41)36(22)12-10-17/h5-7,11,13,16-19,22,24-25H,4,8-10,12,14-15H2,1-3H3,(H,34,35)(H,38,39)/t17?,18-,19?,22+,24?,25+/m1/s1. The predicted octanol–water partition coefficient (Wildman–Crippen LogP) is 4.73. The molecule has 2 saturated heterocycles. The van der Waals surface area contributed by atoms with Crippen LogP contribution in [0.3, 0.4) is 0 Å². The number of esters is 1. The van der Waals surface area contributed by atoms with Crippen LogP contribution in [0.2, 0.25) is 0 Å². The zero-order valence-electron chi connectivity index (χ0n) is 24.4. The first-order chi connectivity index (χ1) is 20.6. The molecule has 1 aromatic heterocycles. The smallest absolute Gasteiger partial charge is 0.337 e. The van der Waals surface area contributed by atoms with Crippen molar-refractivity contribution in [3.05, 3.63) is 51.9 Å². The zero-order valence-corrected chi connectivity index (χ0v) is 26.0. The van der Waals surface area contributed by atoms with Gasteiger partial charge in [0.1, 0.15) is 5.83 Å². The summed E-state index contributed by atoms with van der Waals surface area (Å²) in [5.41, 5.74) is 0.844. The molecule has 0 radical (unpaired) electrons. The Kier molecular flexibility index (Phi) is 9.55. The highest BCUT2D eigenvalue weighted by Gasteiger charge is 2.46. The number of aliphatic carboxylic acids is 1. The van der Waals surface area contributed by atoms with Crippen molar-refractivity contribution in [3.8, 4) is 0 Å². The third-order valence-electron chi connectivity index (χ3n) is 8.68. The molecule has 3 unspecified atom stereocenters. The minimum Gasteiger partial charge on any atom is -0.481 e. The number of carbonyl (C=O) groups is 3. The van der Waals surface area contributed by atoms with Gasteiger partial charge in [0.15, 0.2) is 10.8 Å². The second-order valence-corrected chi connectivity index (χ2v) is 12.9. The average Bonchev–Trinajstić information content (AvgIpc) is 3.60. The highest BCUT2D eigenvalue weighted by Crippen LogP contribution is 2.39. The average molecular weight is 634 g/mol. The lowest BCUT2D eigenvalue weighted by Crippen LogP contribution is -2.45. The zero-order chi connectivity index (χ0) is 30.8. The van der Waals surface area contributed by atoms with E-state index in [1.807, 2.05) is 19.2 Å². The van der Waals surface area contributed by atoms with Gasteiger partial charge >= 0.3 is 18.0 Å². The summed E-state index contributed by atoms with van der Waals surface area (Å²) in [7, 11) is 0. The number of ether oxygens (including phenoxy) is 1. The summed E-state index contributed by atoms with van der Waals surface area (Å²) in [6.07, 6.45) is 8.27. The molecule has 232 valence electrons. The molecule has 5 rings (SSSR count). The van der Waals surface area contributed by atoms with E-state index in [4.69, 9.17) is 21.3 Å². The molecule has 6 atom stereocenters. The second kappa shape index (κ2) is 13.2. The number of carboxylic acid groups (broad SMARTS) is 1. The molecule has 4 heterocycles. The maximum Gasteiger partial charge on any atom is 0.337 e. The summed E-state index contributed by atoms with van der Waals surface area (Å²) in [5.74, 6) is -2.96. The Morgan fingerprint density at radius 3 is 2.77 bits per heavy atom. The summed E-state index contributed by atoms with van der Waals surface area (Å²) in [6.45, 7) is 6.52. The number of aliphatic imine (C=N–C) groups is 1. The van der Waals surface area contributed by atoms with Gasteiger partial charge in [0.2, 0.25) is 0 Å². The highest BCUT2D eigenvalue weighted by molar-refractivity contribution is 7.11. The van der Waals surface area contributed by atoms with Gasteiger partial charge in [0.05, 0.1) is 35.6 Å². The fourth-order valence-electron chi connectivity index (χ4n) is 6.46. The van der Waals surface area contributed by atoms with Crippen molar-refractivity contribution in [1.29, 1.82) is 0 Å². The summed E-state index contributed by atoms with van der Waals surface area (Å²) in [6, 6.07) is -1.39. The number of carboxylic acids is 1. The van der Waals surface area contributed by atoms with Crippen LogP contribution in [0.25, 0.3) is 0 Å². The SMILES string of the molecule is CCOC(=O)C1=C(CC2CC[C@@H](C(=O)O)[C@@H]3CN(C(C)C)C(=O)N3CC2)NC(c2nccs2)=N[C@H]1C1C=CC=C(F)C1Cl. The Morgan fingerprint density at radius 1 is 1.30 bits per heavy atom. The fourth-order valence-corrected chi connectivity index (χ4v) is 7.34. The number of aromatic nitrogens is 1. The van der Waals surface area contributed by atoms with E-state index in [1.165, 1.54) is 17.4 Å². The number of nitrogens with one attached hydrogen (secondary N) is 1. The van der Waals surface area contributed by atoms with Gasteiger partial charge in [-0.2, -0.15) is 0 Å². The number of alkyl halides is 1. The van der Waals surface area contributed by atoms with Crippen LogP contribution >= 0.6 is 22.9 Å². The van der Waals surface area contributed by atoms with Crippen LogP contribution in [0.15, 0.2) is 51.9 Å². The lowest BCUT2D eigenvalue weighted by Gasteiger charge is -2.36. The van der Waals surface area contributed by atoms with Gasteiger partial charge in [-0.25, -0.2) is 19.0 Å². The van der Waals surface area contributed by atoms with E-state index in [0.717, 1.165) is 0 Å². The fraction of sp³-hybridized carbons (Fsp3) is 0.567. The molecular formula is C30H37ClFN5O5S. The van der Waals surface area contributed by atoms with Crippen molar-refractivity contribution >= 4 is 46.7 Å². The van der Waals surface area contributed by atoms with Gasteiger partial charge in [-0.3, -0.25) is 9.79 Å². The second-order valence-electron chi connectivity index (χ2n) is 11.6. The van der Waals surface area contributed by atoms with Crippen LogP contribution < -0.4 is 5.32 Å². The van der Waals surface area contributed by atoms with Crippen LogP contribution in [0.5, 0.6) is 0 Å². The molecular weight excluding hydrogens is 597 g/mol. The first-order valence-electron chi connectivity index (χ1n) is 14.7. The topological polar surface area (TPSA) is 124 Å². The number of fused-ring (bicyclic) bond motifs is 1. The van der Waals surface area contributed by atoms with Gasteiger partial charge < -0.3 is 25.0 Å². The van der Waals surface area contributed by atoms with Crippen LogP contribution in [-0.2, 0) is 14.3 Å². The Bertz CT molecular complexity index is 1360. The van der Waals surface area contributed by atoms with E-state index >= 15 is 0 Å². The number of urea groups is 1. The number of rotatable bonds is 8. The van der Waals surface area contributed by atoms with Crippen molar-refractivity contribution in [2.24, 2.45) is 22.7 Å². The number of hydrogen-bond donors (Lipinski definition) is 2. The number of nitrogens with zero attached hydrogens (tertiary/aromatic N) is 4. The van der Waals surface area contributed by atoms with Gasteiger partial charge in [-0.05, 0) is 58.4 Å². The van der Waals surface area contributed by atoms with Crippen molar-refractivity contribution in [2.75, 3.05) is 19.7 Å². The van der Waals surface area contributed by atoms with Gasteiger partial charge in [-0.15, -0.1) is 22.9 Å². The number of halogens is 2. The summed E-state index contributed by atoms with van der Waals surface area (Å²) >= 11 is 7.92. The van der Waals surface area contributed by atoms with Crippen molar-refractivity contribution in [1.82, 2.24) is 20.1 Å². The quantitative estimate of drug-likeness (QED) is 0.313. The molecule has 0 spiro atoms. The van der Waals surface area contributed by atoms with Crippen molar-refractivity contribution < 1.29 is 28.6 Å². The molecule has 43 heavy (non-hydrogen) atoms. The lowest BCUT2D eigenvalue weighted by molar-refractivity contribution is -0.144.